The van der Waals surface area contributed by atoms with Gasteiger partial charge < -0.3 is 14.2 Å². The highest BCUT2D eigenvalue weighted by molar-refractivity contribution is 6.16. The van der Waals surface area contributed by atoms with Crippen LogP contribution in [0.5, 0.6) is 5.75 Å². The molecule has 1 aromatic heterocycles. The van der Waals surface area contributed by atoms with Gasteiger partial charge in [0.2, 0.25) is 5.91 Å². The van der Waals surface area contributed by atoms with Crippen LogP contribution >= 0.6 is 11.6 Å². The van der Waals surface area contributed by atoms with Crippen LogP contribution in [0.1, 0.15) is 5.82 Å². The van der Waals surface area contributed by atoms with E-state index < -0.39 is 0 Å². The molecule has 0 bridgehead atoms. The fraction of sp³-hybridized carbons (Fsp3) is 0.385. The van der Waals surface area contributed by atoms with E-state index in [-0.39, 0.29) is 18.3 Å². The second-order valence-corrected chi connectivity index (χ2v) is 4.66. The Hall–Kier alpha value is -1.75. The third kappa shape index (κ3) is 2.66. The number of hydrogen-bond acceptors (Lipinski definition) is 3. The fourth-order valence-electron chi connectivity index (χ4n) is 1.83. The van der Waals surface area contributed by atoms with Crippen LogP contribution < -0.4 is 4.74 Å². The highest BCUT2D eigenvalue weighted by atomic mass is 35.5. The summed E-state index contributed by atoms with van der Waals surface area (Å²) < 4.78 is 7.03. The van der Waals surface area contributed by atoms with Gasteiger partial charge in [0.25, 0.3) is 0 Å². The number of benzene rings is 1. The van der Waals surface area contributed by atoms with E-state index in [9.17, 15) is 4.79 Å². The van der Waals surface area contributed by atoms with Gasteiger partial charge in [-0.3, -0.25) is 4.79 Å². The molecule has 0 radical (unpaired) electrons. The van der Waals surface area contributed by atoms with E-state index in [0.717, 1.165) is 16.8 Å². The van der Waals surface area contributed by atoms with Gasteiger partial charge in [0.05, 0.1) is 24.0 Å². The van der Waals surface area contributed by atoms with Crippen LogP contribution in [0.3, 0.4) is 0 Å². The van der Waals surface area contributed by atoms with Crippen molar-refractivity contribution in [2.45, 2.75) is 12.4 Å². The number of carbonyl (C=O) groups is 1. The quantitative estimate of drug-likeness (QED) is 0.804. The first-order valence-electron chi connectivity index (χ1n) is 5.86. The van der Waals surface area contributed by atoms with Crippen molar-refractivity contribution in [1.29, 1.82) is 0 Å². The molecule has 0 atom stereocenters. The van der Waals surface area contributed by atoms with E-state index in [1.54, 1.807) is 26.1 Å². The Morgan fingerprint density at radius 3 is 2.79 bits per heavy atom. The Balaban J connectivity index is 2.52. The number of nitrogens with zero attached hydrogens (tertiary/aromatic N) is 3. The molecule has 0 spiro atoms. The van der Waals surface area contributed by atoms with Gasteiger partial charge in [-0.1, -0.05) is 0 Å². The monoisotopic (exact) mass is 281 g/mol. The Labute approximate surface area is 116 Å². The summed E-state index contributed by atoms with van der Waals surface area (Å²) in [5.41, 5.74) is 1.66. The normalized spacial score (nSPS) is 10.7. The Bertz CT molecular complexity index is 607. The van der Waals surface area contributed by atoms with Crippen molar-refractivity contribution < 1.29 is 9.53 Å². The van der Waals surface area contributed by atoms with Crippen molar-refractivity contribution >= 4 is 28.5 Å². The molecule has 2 aromatic rings. The predicted octanol–water partition coefficient (Wildman–Crippen LogP) is 1.87. The molecule has 0 aliphatic rings. The van der Waals surface area contributed by atoms with Crippen LogP contribution in [0.15, 0.2) is 18.2 Å². The van der Waals surface area contributed by atoms with Crippen molar-refractivity contribution in [3.8, 4) is 5.75 Å². The van der Waals surface area contributed by atoms with Crippen molar-refractivity contribution in [2.24, 2.45) is 0 Å². The first-order chi connectivity index (χ1) is 9.06. The second-order valence-electron chi connectivity index (χ2n) is 4.39. The first-order valence-corrected chi connectivity index (χ1v) is 6.39. The SMILES string of the molecule is COc1ccc2nc(CCl)n(CC(=O)N(C)C)c2c1. The number of imidazole rings is 1. The number of methoxy groups -OCH3 is 1. The lowest BCUT2D eigenvalue weighted by Crippen LogP contribution is -2.26. The molecule has 1 amide bonds. The largest absolute Gasteiger partial charge is 0.497 e. The Morgan fingerprint density at radius 2 is 2.21 bits per heavy atom. The lowest BCUT2D eigenvalue weighted by Gasteiger charge is -2.13. The second kappa shape index (κ2) is 5.48. The molecule has 0 fully saturated rings. The number of alkyl halides is 1. The zero-order chi connectivity index (χ0) is 14.0. The number of likely N-dealkylation sites (N-methyl/N-ethyl adjacent to an activating group) is 1. The smallest absolute Gasteiger partial charge is 0.242 e. The Morgan fingerprint density at radius 1 is 1.47 bits per heavy atom. The number of fused-ring (bicyclic) bond motifs is 1. The zero-order valence-corrected chi connectivity index (χ0v) is 11.9. The van der Waals surface area contributed by atoms with Crippen LogP contribution in [-0.4, -0.2) is 41.6 Å². The van der Waals surface area contributed by atoms with E-state index in [1.165, 1.54) is 0 Å². The lowest BCUT2D eigenvalue weighted by molar-refractivity contribution is -0.129. The molecule has 102 valence electrons. The minimum absolute atomic E-state index is 0.00603. The molecule has 0 unspecified atom stereocenters. The van der Waals surface area contributed by atoms with Crippen LogP contribution in [0.2, 0.25) is 0 Å². The molecule has 0 N–H and O–H groups in total. The summed E-state index contributed by atoms with van der Waals surface area (Å²) in [6.45, 7) is 0.221. The van der Waals surface area contributed by atoms with Crippen LogP contribution in [0, 0.1) is 0 Å². The number of aromatic nitrogens is 2. The van der Waals surface area contributed by atoms with Crippen molar-refractivity contribution in [3.63, 3.8) is 0 Å². The van der Waals surface area contributed by atoms with Gasteiger partial charge in [0, 0.05) is 20.2 Å². The molecule has 0 aliphatic heterocycles. The van der Waals surface area contributed by atoms with Gasteiger partial charge in [0.1, 0.15) is 18.1 Å². The third-order valence-corrected chi connectivity index (χ3v) is 3.19. The standard InChI is InChI=1S/C13H16ClN3O2/c1-16(2)13(18)8-17-11-6-9(19-3)4-5-10(11)15-12(17)7-14/h4-6H,7-8H2,1-3H3. The molecule has 0 aliphatic carbocycles. The molecule has 6 heteroatoms. The summed E-state index contributed by atoms with van der Waals surface area (Å²) in [5.74, 6) is 1.67. The van der Waals surface area contributed by atoms with Crippen LogP contribution in [-0.2, 0) is 17.2 Å². The van der Waals surface area contributed by atoms with E-state index in [1.807, 2.05) is 22.8 Å². The first kappa shape index (κ1) is 13.7. The molecule has 0 saturated heterocycles. The van der Waals surface area contributed by atoms with Gasteiger partial charge >= 0.3 is 0 Å². The van der Waals surface area contributed by atoms with Crippen molar-refractivity contribution in [2.75, 3.05) is 21.2 Å². The van der Waals surface area contributed by atoms with Crippen LogP contribution in [0.25, 0.3) is 11.0 Å². The predicted molar refractivity (Wildman–Crippen MR) is 74.5 cm³/mol. The minimum Gasteiger partial charge on any atom is -0.497 e. The Kier molecular flexibility index (Phi) is 3.95. The summed E-state index contributed by atoms with van der Waals surface area (Å²) in [4.78, 5) is 17.8. The van der Waals surface area contributed by atoms with Crippen molar-refractivity contribution in [1.82, 2.24) is 14.5 Å². The number of halogens is 1. The average Bonchev–Trinajstić information content (AvgIpc) is 2.75. The molecule has 1 heterocycles. The topological polar surface area (TPSA) is 47.4 Å². The number of ether oxygens (including phenoxy) is 1. The molecule has 5 nitrogen and oxygen atoms in total. The summed E-state index contributed by atoms with van der Waals surface area (Å²) in [7, 11) is 5.06. The molecule has 1 aromatic carbocycles. The van der Waals surface area contributed by atoms with Crippen LogP contribution in [0.4, 0.5) is 0 Å². The average molecular weight is 282 g/mol. The molecule has 0 saturated carbocycles. The molecule has 19 heavy (non-hydrogen) atoms. The van der Waals surface area contributed by atoms with Gasteiger partial charge in [-0.05, 0) is 12.1 Å². The maximum Gasteiger partial charge on any atom is 0.242 e. The number of amides is 1. The number of rotatable bonds is 4. The van der Waals surface area contributed by atoms with Gasteiger partial charge in [-0.2, -0.15) is 0 Å². The summed E-state index contributed by atoms with van der Waals surface area (Å²) >= 11 is 5.90. The minimum atomic E-state index is -0.00603. The maximum atomic E-state index is 11.9. The fourth-order valence-corrected chi connectivity index (χ4v) is 2.04. The van der Waals surface area contributed by atoms with E-state index >= 15 is 0 Å². The lowest BCUT2D eigenvalue weighted by atomic mass is 10.3. The summed E-state index contributed by atoms with van der Waals surface area (Å²) in [6.07, 6.45) is 0. The molecular weight excluding hydrogens is 266 g/mol. The van der Waals surface area contributed by atoms with E-state index in [2.05, 4.69) is 4.98 Å². The number of hydrogen-bond donors (Lipinski definition) is 0. The van der Waals surface area contributed by atoms with Gasteiger partial charge in [0.15, 0.2) is 0 Å². The third-order valence-electron chi connectivity index (χ3n) is 2.95. The van der Waals surface area contributed by atoms with Gasteiger partial charge in [-0.25, -0.2) is 4.98 Å². The number of carbonyl (C=O) groups excluding carboxylic acids is 1. The van der Waals surface area contributed by atoms with E-state index in [0.29, 0.717) is 5.82 Å². The van der Waals surface area contributed by atoms with Gasteiger partial charge in [-0.15, -0.1) is 11.6 Å². The maximum absolute atomic E-state index is 11.9. The van der Waals surface area contributed by atoms with E-state index in [4.69, 9.17) is 16.3 Å². The highest BCUT2D eigenvalue weighted by Crippen LogP contribution is 2.22. The summed E-state index contributed by atoms with van der Waals surface area (Å²) in [5, 5.41) is 0. The summed E-state index contributed by atoms with van der Waals surface area (Å²) in [6, 6.07) is 5.56. The molecular formula is C13H16ClN3O2. The highest BCUT2D eigenvalue weighted by Gasteiger charge is 2.14. The molecule has 2 rings (SSSR count). The van der Waals surface area contributed by atoms with Crippen molar-refractivity contribution in [3.05, 3.63) is 24.0 Å². The zero-order valence-electron chi connectivity index (χ0n) is 11.2.